The molecule has 0 atom stereocenters. The van der Waals surface area contributed by atoms with E-state index < -0.39 is 5.97 Å². The molecule has 0 spiro atoms. The average Bonchev–Trinajstić information content (AvgIpc) is 2.55. The van der Waals surface area contributed by atoms with Gasteiger partial charge >= 0.3 is 5.97 Å². The molecule has 0 fully saturated rings. The van der Waals surface area contributed by atoms with E-state index in [0.717, 1.165) is 6.42 Å². The molecule has 0 saturated heterocycles. The number of halogens is 1. The summed E-state index contributed by atoms with van der Waals surface area (Å²) in [6.45, 7) is 6.62. The van der Waals surface area contributed by atoms with E-state index in [9.17, 15) is 14.4 Å². The van der Waals surface area contributed by atoms with Crippen molar-refractivity contribution in [1.29, 1.82) is 0 Å². The van der Waals surface area contributed by atoms with Crippen LogP contribution < -0.4 is 5.32 Å². The predicted octanol–water partition coefficient (Wildman–Crippen LogP) is 3.35. The van der Waals surface area contributed by atoms with Gasteiger partial charge in [0.25, 0.3) is 0 Å². The van der Waals surface area contributed by atoms with Crippen molar-refractivity contribution in [3.8, 4) is 0 Å². The fourth-order valence-electron chi connectivity index (χ4n) is 2.16. The third-order valence-corrected chi connectivity index (χ3v) is 4.02. The van der Waals surface area contributed by atoms with Gasteiger partial charge in [0.1, 0.15) is 0 Å². The smallest absolute Gasteiger partial charge is 0.337 e. The highest BCUT2D eigenvalue weighted by Gasteiger charge is 2.14. The third kappa shape index (κ3) is 7.13. The maximum atomic E-state index is 12.2. The van der Waals surface area contributed by atoms with Crippen molar-refractivity contribution in [3.63, 3.8) is 0 Å². The van der Waals surface area contributed by atoms with Crippen LogP contribution in [0.1, 0.15) is 44.0 Å². The van der Waals surface area contributed by atoms with Crippen LogP contribution in [0.4, 0.5) is 5.69 Å². The Labute approximate surface area is 153 Å². The largest absolute Gasteiger partial charge is 0.465 e. The summed E-state index contributed by atoms with van der Waals surface area (Å²) in [4.78, 5) is 37.0. The van der Waals surface area contributed by atoms with E-state index in [1.807, 2.05) is 0 Å². The van der Waals surface area contributed by atoms with E-state index in [-0.39, 0.29) is 18.2 Å². The van der Waals surface area contributed by atoms with Gasteiger partial charge in [-0.2, -0.15) is 0 Å². The standard InChI is InChI=1S/C18H25ClN2O4/c1-12(2)7-9-21(13(3)22)10-8-17(23)20-16-11-14(18(24)25-4)5-6-15(16)19/h5-6,11-12H,7-10H2,1-4H3,(H,20,23). The quantitative estimate of drug-likeness (QED) is 0.714. The van der Waals surface area contributed by atoms with Crippen molar-refractivity contribution in [2.75, 3.05) is 25.5 Å². The van der Waals surface area contributed by atoms with Gasteiger partial charge in [-0.05, 0) is 30.5 Å². The number of amides is 2. The van der Waals surface area contributed by atoms with E-state index in [2.05, 4.69) is 23.9 Å². The van der Waals surface area contributed by atoms with Crippen molar-refractivity contribution >= 4 is 35.1 Å². The minimum absolute atomic E-state index is 0.0563. The second kappa shape index (κ2) is 10.0. The number of esters is 1. The lowest BCUT2D eigenvalue weighted by Crippen LogP contribution is -2.33. The molecule has 0 aliphatic rings. The summed E-state index contributed by atoms with van der Waals surface area (Å²) in [5.41, 5.74) is 0.635. The minimum Gasteiger partial charge on any atom is -0.465 e. The molecule has 0 aliphatic heterocycles. The molecular weight excluding hydrogens is 344 g/mol. The Morgan fingerprint density at radius 3 is 2.48 bits per heavy atom. The molecule has 1 aromatic carbocycles. The Kier molecular flexibility index (Phi) is 8.41. The van der Waals surface area contributed by atoms with Crippen LogP contribution in [0.15, 0.2) is 18.2 Å². The third-order valence-electron chi connectivity index (χ3n) is 3.69. The monoisotopic (exact) mass is 368 g/mol. The molecule has 1 aromatic rings. The second-order valence-electron chi connectivity index (χ2n) is 6.17. The molecule has 0 radical (unpaired) electrons. The molecule has 25 heavy (non-hydrogen) atoms. The Bertz CT molecular complexity index is 632. The SMILES string of the molecule is COC(=O)c1ccc(Cl)c(NC(=O)CCN(CCC(C)C)C(C)=O)c1. The molecule has 0 saturated carbocycles. The molecule has 1 N–H and O–H groups in total. The van der Waals surface area contributed by atoms with Crippen molar-refractivity contribution < 1.29 is 19.1 Å². The Morgan fingerprint density at radius 2 is 1.92 bits per heavy atom. The molecule has 0 unspecified atom stereocenters. The van der Waals surface area contributed by atoms with Crippen LogP contribution in [0, 0.1) is 5.92 Å². The normalized spacial score (nSPS) is 10.5. The number of hydrogen-bond donors (Lipinski definition) is 1. The zero-order chi connectivity index (χ0) is 19.0. The van der Waals surface area contributed by atoms with E-state index >= 15 is 0 Å². The number of anilines is 1. The van der Waals surface area contributed by atoms with Gasteiger partial charge in [-0.25, -0.2) is 4.79 Å². The average molecular weight is 369 g/mol. The highest BCUT2D eigenvalue weighted by molar-refractivity contribution is 6.33. The summed E-state index contributed by atoms with van der Waals surface area (Å²) >= 11 is 6.05. The number of hydrogen-bond acceptors (Lipinski definition) is 4. The molecule has 0 bridgehead atoms. The number of carbonyl (C=O) groups is 3. The summed E-state index contributed by atoms with van der Waals surface area (Å²) in [5, 5.41) is 3.00. The number of rotatable bonds is 8. The molecule has 6 nitrogen and oxygen atoms in total. The topological polar surface area (TPSA) is 75.7 Å². The lowest BCUT2D eigenvalue weighted by molar-refractivity contribution is -0.129. The summed E-state index contributed by atoms with van der Waals surface area (Å²) in [6, 6.07) is 4.51. The van der Waals surface area contributed by atoms with Crippen LogP contribution in [0.2, 0.25) is 5.02 Å². The summed E-state index contributed by atoms with van der Waals surface area (Å²) in [5.74, 6) is -0.363. The van der Waals surface area contributed by atoms with Crippen LogP contribution in [0.3, 0.4) is 0 Å². The first kappa shape index (κ1) is 21.0. The molecule has 7 heteroatoms. The van der Waals surface area contributed by atoms with E-state index in [1.165, 1.54) is 32.2 Å². The van der Waals surface area contributed by atoms with E-state index in [1.54, 1.807) is 4.90 Å². The van der Waals surface area contributed by atoms with Crippen molar-refractivity contribution in [1.82, 2.24) is 4.90 Å². The van der Waals surface area contributed by atoms with Crippen molar-refractivity contribution in [2.45, 2.75) is 33.6 Å². The molecule has 138 valence electrons. The van der Waals surface area contributed by atoms with Gasteiger partial charge in [0.15, 0.2) is 0 Å². The fourth-order valence-corrected chi connectivity index (χ4v) is 2.32. The van der Waals surface area contributed by atoms with Gasteiger partial charge in [-0.1, -0.05) is 25.4 Å². The molecule has 2 amide bonds. The number of nitrogens with one attached hydrogen (secondary N) is 1. The molecule has 0 aliphatic carbocycles. The van der Waals surface area contributed by atoms with Crippen LogP contribution in [-0.4, -0.2) is 42.9 Å². The van der Waals surface area contributed by atoms with Crippen molar-refractivity contribution in [3.05, 3.63) is 28.8 Å². The summed E-state index contributed by atoms with van der Waals surface area (Å²) in [6.07, 6.45) is 1.03. The van der Waals surface area contributed by atoms with Gasteiger partial charge in [-0.15, -0.1) is 0 Å². The Balaban J connectivity index is 2.66. The lowest BCUT2D eigenvalue weighted by atomic mass is 10.1. The van der Waals surface area contributed by atoms with Crippen molar-refractivity contribution in [2.24, 2.45) is 5.92 Å². The van der Waals surface area contributed by atoms with Crippen LogP contribution in [0.5, 0.6) is 0 Å². The molecule has 0 aromatic heterocycles. The van der Waals surface area contributed by atoms with Crippen LogP contribution >= 0.6 is 11.6 Å². The number of ether oxygens (including phenoxy) is 1. The molecular formula is C18H25ClN2O4. The lowest BCUT2D eigenvalue weighted by Gasteiger charge is -2.21. The second-order valence-corrected chi connectivity index (χ2v) is 6.58. The Morgan fingerprint density at radius 1 is 1.24 bits per heavy atom. The molecule has 0 heterocycles. The maximum absolute atomic E-state index is 12.2. The summed E-state index contributed by atoms with van der Waals surface area (Å²) in [7, 11) is 1.28. The minimum atomic E-state index is -0.511. The first-order chi connectivity index (χ1) is 11.7. The van der Waals surface area contributed by atoms with Gasteiger partial charge in [0.2, 0.25) is 11.8 Å². The van der Waals surface area contributed by atoms with Gasteiger partial charge in [0, 0.05) is 26.4 Å². The van der Waals surface area contributed by atoms with Gasteiger partial charge < -0.3 is 15.0 Å². The highest BCUT2D eigenvalue weighted by Crippen LogP contribution is 2.23. The predicted molar refractivity (Wildman–Crippen MR) is 97.7 cm³/mol. The Hall–Kier alpha value is -2.08. The number of nitrogens with zero attached hydrogens (tertiary/aromatic N) is 1. The van der Waals surface area contributed by atoms with E-state index in [0.29, 0.717) is 35.3 Å². The zero-order valence-electron chi connectivity index (χ0n) is 15.1. The maximum Gasteiger partial charge on any atom is 0.337 e. The number of benzene rings is 1. The van der Waals surface area contributed by atoms with Crippen LogP contribution in [-0.2, 0) is 14.3 Å². The fraction of sp³-hybridized carbons (Fsp3) is 0.500. The summed E-state index contributed by atoms with van der Waals surface area (Å²) < 4.78 is 4.65. The van der Waals surface area contributed by atoms with Gasteiger partial charge in [-0.3, -0.25) is 9.59 Å². The zero-order valence-corrected chi connectivity index (χ0v) is 15.9. The van der Waals surface area contributed by atoms with Gasteiger partial charge in [0.05, 0.1) is 23.4 Å². The number of methoxy groups -OCH3 is 1. The number of carbonyl (C=O) groups excluding carboxylic acids is 3. The first-order valence-corrected chi connectivity index (χ1v) is 8.55. The van der Waals surface area contributed by atoms with E-state index in [4.69, 9.17) is 11.6 Å². The molecule has 1 rings (SSSR count). The van der Waals surface area contributed by atoms with Crippen LogP contribution in [0.25, 0.3) is 0 Å². The highest BCUT2D eigenvalue weighted by atomic mass is 35.5. The first-order valence-electron chi connectivity index (χ1n) is 8.17.